The van der Waals surface area contributed by atoms with Gasteiger partial charge in [-0.1, -0.05) is 18.2 Å². The number of aryl methyl sites for hydroxylation is 1. The Labute approximate surface area is 210 Å². The molecule has 1 aliphatic rings. The van der Waals surface area contributed by atoms with Crippen molar-refractivity contribution in [2.45, 2.75) is 13.0 Å². The summed E-state index contributed by atoms with van der Waals surface area (Å²) in [6, 6.07) is 14.7. The lowest BCUT2D eigenvalue weighted by molar-refractivity contribution is -0.0472. The molecule has 4 N–H and O–H groups in total. The average molecular weight is 490 g/mol. The van der Waals surface area contributed by atoms with Gasteiger partial charge in [-0.05, 0) is 37.3 Å². The molecule has 1 unspecified atom stereocenters. The fraction of sp³-hybridized carbons (Fsp3) is 0.308. The van der Waals surface area contributed by atoms with Gasteiger partial charge in [-0.15, -0.1) is 0 Å². The molecule has 0 aliphatic carbocycles. The molecule has 36 heavy (non-hydrogen) atoms. The zero-order valence-electron chi connectivity index (χ0n) is 20.2. The van der Waals surface area contributed by atoms with Gasteiger partial charge in [-0.25, -0.2) is 9.78 Å². The molecule has 188 valence electrons. The van der Waals surface area contributed by atoms with Gasteiger partial charge < -0.3 is 25.5 Å². The van der Waals surface area contributed by atoms with Gasteiger partial charge in [-0.2, -0.15) is 0 Å². The molecule has 4 rings (SSSR count). The fourth-order valence-electron chi connectivity index (χ4n) is 3.82. The number of benzene rings is 1. The first-order valence-corrected chi connectivity index (χ1v) is 11.9. The van der Waals surface area contributed by atoms with Crippen molar-refractivity contribution < 1.29 is 14.3 Å². The molecule has 10 nitrogen and oxygen atoms in total. The lowest BCUT2D eigenvalue weighted by Gasteiger charge is -2.32. The van der Waals surface area contributed by atoms with Crippen molar-refractivity contribution >= 4 is 29.4 Å². The summed E-state index contributed by atoms with van der Waals surface area (Å²) in [6.07, 6.45) is 4.51. The third-order valence-electron chi connectivity index (χ3n) is 5.62. The highest BCUT2D eigenvalue weighted by atomic mass is 16.5. The van der Waals surface area contributed by atoms with Gasteiger partial charge in [-0.3, -0.25) is 15.2 Å². The summed E-state index contributed by atoms with van der Waals surface area (Å²) < 4.78 is 11.6. The van der Waals surface area contributed by atoms with Gasteiger partial charge in [0, 0.05) is 55.5 Å². The van der Waals surface area contributed by atoms with E-state index < -0.39 is 0 Å². The van der Waals surface area contributed by atoms with Crippen molar-refractivity contribution in [3.8, 4) is 5.75 Å². The van der Waals surface area contributed by atoms with E-state index in [1.807, 2.05) is 49.4 Å². The topological polar surface area (TPSA) is 124 Å². The van der Waals surface area contributed by atoms with Crippen molar-refractivity contribution in [1.29, 1.82) is 5.41 Å². The molecular weight excluding hydrogens is 458 g/mol. The minimum absolute atomic E-state index is 0.0142. The van der Waals surface area contributed by atoms with Crippen LogP contribution in [-0.4, -0.2) is 72.6 Å². The minimum atomic E-state index is -0.346. The van der Waals surface area contributed by atoms with E-state index in [4.69, 9.17) is 14.9 Å². The fourth-order valence-corrected chi connectivity index (χ4v) is 3.82. The highest BCUT2D eigenvalue weighted by Gasteiger charge is 2.21. The highest BCUT2D eigenvalue weighted by Crippen LogP contribution is 2.21. The summed E-state index contributed by atoms with van der Waals surface area (Å²) in [4.78, 5) is 23.1. The van der Waals surface area contributed by atoms with Crippen LogP contribution in [0.3, 0.4) is 0 Å². The highest BCUT2D eigenvalue weighted by molar-refractivity contribution is 5.92. The molecule has 0 radical (unpaired) electrons. The number of anilines is 3. The predicted molar refractivity (Wildman–Crippen MR) is 140 cm³/mol. The van der Waals surface area contributed by atoms with E-state index in [1.165, 1.54) is 6.21 Å². The smallest absolute Gasteiger partial charge is 0.320 e. The van der Waals surface area contributed by atoms with Gasteiger partial charge in [0.05, 0.1) is 18.5 Å². The Morgan fingerprint density at radius 3 is 2.92 bits per heavy atom. The van der Waals surface area contributed by atoms with Crippen molar-refractivity contribution in [1.82, 2.24) is 20.2 Å². The Balaban J connectivity index is 1.21. The van der Waals surface area contributed by atoms with Crippen LogP contribution in [0.25, 0.3) is 0 Å². The quantitative estimate of drug-likeness (QED) is 0.322. The Kier molecular flexibility index (Phi) is 8.79. The molecule has 1 fully saturated rings. The van der Waals surface area contributed by atoms with Gasteiger partial charge in [0.1, 0.15) is 24.3 Å². The summed E-state index contributed by atoms with van der Waals surface area (Å²) in [5.41, 5.74) is 3.00. The van der Waals surface area contributed by atoms with Crippen LogP contribution in [0.15, 0.2) is 60.9 Å². The number of carbonyl (C=O) groups excluding carboxylic acids is 1. The number of ether oxygens (including phenoxy) is 2. The molecule has 0 saturated carbocycles. The monoisotopic (exact) mass is 489 g/mol. The summed E-state index contributed by atoms with van der Waals surface area (Å²) in [7, 11) is 0. The number of carbonyl (C=O) groups is 1. The van der Waals surface area contributed by atoms with Crippen LogP contribution in [0.1, 0.15) is 11.3 Å². The molecule has 1 aromatic carbocycles. The number of urea groups is 1. The second-order valence-corrected chi connectivity index (χ2v) is 8.41. The SMILES string of the molecule is Cc1cc(Nc2cnc(NC(=O)NCCN3CCOC(COc4ccccc4)C3)cc2C=N)ccn1. The maximum atomic E-state index is 12.4. The van der Waals surface area contributed by atoms with Gasteiger partial charge in [0.15, 0.2) is 0 Å². The van der Waals surface area contributed by atoms with Crippen LogP contribution in [0.4, 0.5) is 22.0 Å². The van der Waals surface area contributed by atoms with E-state index in [9.17, 15) is 4.79 Å². The number of morpholine rings is 1. The molecule has 3 aromatic rings. The first-order valence-electron chi connectivity index (χ1n) is 11.9. The number of nitrogens with one attached hydrogen (secondary N) is 4. The Morgan fingerprint density at radius 2 is 2.11 bits per heavy atom. The third kappa shape index (κ3) is 7.49. The van der Waals surface area contributed by atoms with E-state index in [2.05, 4.69) is 30.8 Å². The summed E-state index contributed by atoms with van der Waals surface area (Å²) >= 11 is 0. The zero-order valence-corrected chi connectivity index (χ0v) is 20.2. The number of pyridine rings is 2. The lowest BCUT2D eigenvalue weighted by atomic mass is 10.2. The van der Waals surface area contributed by atoms with Crippen LogP contribution >= 0.6 is 0 Å². The van der Waals surface area contributed by atoms with E-state index in [0.717, 1.165) is 30.2 Å². The maximum Gasteiger partial charge on any atom is 0.320 e. The predicted octanol–water partition coefficient (Wildman–Crippen LogP) is 3.43. The summed E-state index contributed by atoms with van der Waals surface area (Å²) in [5, 5.41) is 16.6. The molecule has 2 aromatic heterocycles. The molecule has 0 spiro atoms. The number of amides is 2. The third-order valence-corrected chi connectivity index (χ3v) is 5.62. The Hall–Kier alpha value is -4.02. The molecule has 3 heterocycles. The maximum absolute atomic E-state index is 12.4. The van der Waals surface area contributed by atoms with E-state index in [0.29, 0.717) is 43.4 Å². The summed E-state index contributed by atoms with van der Waals surface area (Å²) in [5.74, 6) is 1.19. The second-order valence-electron chi connectivity index (χ2n) is 8.41. The summed E-state index contributed by atoms with van der Waals surface area (Å²) in [6.45, 7) is 5.76. The molecule has 1 saturated heterocycles. The van der Waals surface area contributed by atoms with Gasteiger partial charge in [0.25, 0.3) is 0 Å². The van der Waals surface area contributed by atoms with Crippen LogP contribution in [-0.2, 0) is 4.74 Å². The molecular formula is C26H31N7O3. The van der Waals surface area contributed by atoms with Gasteiger partial charge >= 0.3 is 6.03 Å². The van der Waals surface area contributed by atoms with Crippen molar-refractivity contribution in [2.24, 2.45) is 0 Å². The largest absolute Gasteiger partial charge is 0.491 e. The molecule has 10 heteroatoms. The van der Waals surface area contributed by atoms with E-state index in [1.54, 1.807) is 18.5 Å². The van der Waals surface area contributed by atoms with Crippen molar-refractivity contribution in [2.75, 3.05) is 50.0 Å². The van der Waals surface area contributed by atoms with Crippen molar-refractivity contribution in [3.05, 3.63) is 72.2 Å². The van der Waals surface area contributed by atoms with E-state index >= 15 is 0 Å². The number of hydrogen-bond acceptors (Lipinski definition) is 8. The Bertz CT molecular complexity index is 1160. The first kappa shape index (κ1) is 25.1. The molecule has 1 aliphatic heterocycles. The molecule has 2 amide bonds. The zero-order chi connectivity index (χ0) is 25.2. The number of nitrogens with zero attached hydrogens (tertiary/aromatic N) is 3. The van der Waals surface area contributed by atoms with E-state index in [-0.39, 0.29) is 12.1 Å². The lowest BCUT2D eigenvalue weighted by Crippen LogP contribution is -2.47. The van der Waals surface area contributed by atoms with Gasteiger partial charge in [0.2, 0.25) is 0 Å². The van der Waals surface area contributed by atoms with Crippen LogP contribution in [0, 0.1) is 12.3 Å². The molecule has 0 bridgehead atoms. The average Bonchev–Trinajstić information content (AvgIpc) is 2.89. The number of para-hydroxylation sites is 1. The standard InChI is InChI=1S/C26H31N7O3/c1-19-13-21(7-8-28-19)31-24-16-30-25(14-20(24)15-27)32-26(34)29-9-10-33-11-12-35-23(17-33)18-36-22-5-3-2-4-6-22/h2-8,13-16,23,27H,9-12,17-18H2,1H3,(H,28,31)(H2,29,30,32,34). The second kappa shape index (κ2) is 12.6. The number of rotatable bonds is 10. The van der Waals surface area contributed by atoms with Crippen LogP contribution < -0.4 is 20.7 Å². The molecule has 1 atom stereocenters. The number of aromatic nitrogens is 2. The van der Waals surface area contributed by atoms with Crippen LogP contribution in [0.2, 0.25) is 0 Å². The van der Waals surface area contributed by atoms with Crippen LogP contribution in [0.5, 0.6) is 5.75 Å². The number of hydrogen-bond donors (Lipinski definition) is 4. The minimum Gasteiger partial charge on any atom is -0.491 e. The van der Waals surface area contributed by atoms with Crippen molar-refractivity contribution in [3.63, 3.8) is 0 Å². The Morgan fingerprint density at radius 1 is 1.25 bits per heavy atom. The first-order chi connectivity index (χ1) is 17.6. The normalized spacial score (nSPS) is 15.6.